The molecule has 1 spiro atoms. The van der Waals surface area contributed by atoms with Gasteiger partial charge in [-0.2, -0.15) is 0 Å². The lowest BCUT2D eigenvalue weighted by Gasteiger charge is -2.39. The number of methoxy groups -OCH3 is 1. The van der Waals surface area contributed by atoms with E-state index in [0.29, 0.717) is 18.1 Å². The van der Waals surface area contributed by atoms with E-state index in [1.165, 1.54) is 5.56 Å². The van der Waals surface area contributed by atoms with Gasteiger partial charge in [0.05, 0.1) is 18.6 Å². The molecule has 3 atom stereocenters. The van der Waals surface area contributed by atoms with E-state index in [2.05, 4.69) is 37.0 Å². The maximum Gasteiger partial charge on any atom is 0.231 e. The average molecular weight is 426 g/mol. The van der Waals surface area contributed by atoms with Crippen LogP contribution in [0.3, 0.4) is 0 Å². The van der Waals surface area contributed by atoms with E-state index in [1.54, 1.807) is 7.11 Å². The van der Waals surface area contributed by atoms with Gasteiger partial charge in [-0.1, -0.05) is 13.8 Å². The second-order valence-corrected chi connectivity index (χ2v) is 9.66. The van der Waals surface area contributed by atoms with Crippen LogP contribution in [0.15, 0.2) is 24.0 Å². The SMILES string of the molecule is COC1=C[C@]23CCCN2CCc2cc4c(cc2[C@@H]3[C@@H]1C(=O)C(=O)CCC(C)C)OCO4. The zero-order valence-corrected chi connectivity index (χ0v) is 18.6. The first-order chi connectivity index (χ1) is 14.9. The highest BCUT2D eigenvalue weighted by molar-refractivity contribution is 6.38. The van der Waals surface area contributed by atoms with Gasteiger partial charge in [0.1, 0.15) is 5.76 Å². The summed E-state index contributed by atoms with van der Waals surface area (Å²) in [6.07, 6.45) is 6.10. The summed E-state index contributed by atoms with van der Waals surface area (Å²) in [6, 6.07) is 4.12. The van der Waals surface area contributed by atoms with Crippen molar-refractivity contribution in [2.45, 2.75) is 57.4 Å². The monoisotopic (exact) mass is 425 g/mol. The smallest absolute Gasteiger partial charge is 0.231 e. The zero-order valence-electron chi connectivity index (χ0n) is 18.6. The van der Waals surface area contributed by atoms with Crippen molar-refractivity contribution in [3.05, 3.63) is 35.1 Å². The summed E-state index contributed by atoms with van der Waals surface area (Å²) in [4.78, 5) is 29.0. The Kier molecular flexibility index (Phi) is 5.08. The molecule has 0 bridgehead atoms. The number of hydrogen-bond acceptors (Lipinski definition) is 6. The number of ketones is 2. The van der Waals surface area contributed by atoms with Gasteiger partial charge in [0.2, 0.25) is 12.6 Å². The van der Waals surface area contributed by atoms with E-state index >= 15 is 0 Å². The van der Waals surface area contributed by atoms with Gasteiger partial charge in [-0.3, -0.25) is 14.5 Å². The number of nitrogens with zero attached hydrogens (tertiary/aromatic N) is 1. The standard InChI is InChI=1S/C25H31NO5/c1-15(2)5-6-18(27)24(28)22-21(29-3)13-25-8-4-9-26(25)10-7-16-11-19-20(31-14-30-19)12-17(16)23(22)25/h11-13,15,22-23H,4-10,14H2,1-3H3/t22-,23-,25+/m1/s1. The van der Waals surface area contributed by atoms with Crippen molar-refractivity contribution in [2.75, 3.05) is 27.0 Å². The topological polar surface area (TPSA) is 65.1 Å². The number of benzene rings is 1. The highest BCUT2D eigenvalue weighted by Gasteiger charge is 2.59. The molecular weight excluding hydrogens is 394 g/mol. The first-order valence-electron chi connectivity index (χ1n) is 11.5. The third-order valence-corrected chi connectivity index (χ3v) is 7.53. The molecule has 0 N–H and O–H groups in total. The minimum absolute atomic E-state index is 0.146. The second kappa shape index (κ2) is 7.66. The van der Waals surface area contributed by atoms with E-state index in [9.17, 15) is 9.59 Å². The maximum atomic E-state index is 13.6. The molecule has 3 heterocycles. The molecule has 0 saturated carbocycles. The lowest BCUT2D eigenvalue weighted by molar-refractivity contribution is -0.139. The van der Waals surface area contributed by atoms with Gasteiger partial charge in [0.15, 0.2) is 17.3 Å². The number of carbonyl (C=O) groups excluding carboxylic acids is 2. The Labute approximate surface area is 183 Å². The van der Waals surface area contributed by atoms with Crippen LogP contribution in [0.2, 0.25) is 0 Å². The summed E-state index contributed by atoms with van der Waals surface area (Å²) < 4.78 is 17.1. The molecule has 0 amide bonds. The first kappa shape index (κ1) is 20.6. The Morgan fingerprint density at radius 2 is 2.00 bits per heavy atom. The summed E-state index contributed by atoms with van der Waals surface area (Å²) in [7, 11) is 1.62. The minimum Gasteiger partial charge on any atom is -0.501 e. The Bertz CT molecular complexity index is 951. The summed E-state index contributed by atoms with van der Waals surface area (Å²) in [6.45, 7) is 6.27. The van der Waals surface area contributed by atoms with E-state index in [4.69, 9.17) is 14.2 Å². The molecule has 1 aromatic rings. The molecule has 6 nitrogen and oxygen atoms in total. The molecule has 6 heteroatoms. The molecular formula is C25H31NO5. The number of allylic oxidation sites excluding steroid dienone is 1. The third kappa shape index (κ3) is 3.18. The van der Waals surface area contributed by atoms with Gasteiger partial charge in [0, 0.05) is 18.9 Å². The summed E-state index contributed by atoms with van der Waals surface area (Å²) in [5, 5.41) is 0. The van der Waals surface area contributed by atoms with Gasteiger partial charge in [-0.05, 0) is 67.5 Å². The van der Waals surface area contributed by atoms with Crippen LogP contribution in [0.4, 0.5) is 0 Å². The number of hydrogen-bond donors (Lipinski definition) is 0. The highest BCUT2D eigenvalue weighted by Crippen LogP contribution is 2.57. The van der Waals surface area contributed by atoms with Crippen molar-refractivity contribution in [2.24, 2.45) is 11.8 Å². The van der Waals surface area contributed by atoms with Gasteiger partial charge in [0.25, 0.3) is 0 Å². The largest absolute Gasteiger partial charge is 0.501 e. The van der Waals surface area contributed by atoms with Crippen LogP contribution in [-0.4, -0.2) is 49.0 Å². The molecule has 31 heavy (non-hydrogen) atoms. The molecule has 5 rings (SSSR count). The van der Waals surface area contributed by atoms with Crippen molar-refractivity contribution >= 4 is 11.6 Å². The van der Waals surface area contributed by atoms with Crippen molar-refractivity contribution in [3.63, 3.8) is 0 Å². The van der Waals surface area contributed by atoms with Crippen molar-refractivity contribution in [3.8, 4) is 11.5 Å². The number of rotatable bonds is 6. The van der Waals surface area contributed by atoms with Crippen LogP contribution in [0.5, 0.6) is 11.5 Å². The van der Waals surface area contributed by atoms with Crippen LogP contribution < -0.4 is 9.47 Å². The molecule has 0 unspecified atom stereocenters. The number of carbonyl (C=O) groups is 2. The number of ether oxygens (including phenoxy) is 3. The second-order valence-electron chi connectivity index (χ2n) is 9.66. The molecule has 0 aromatic heterocycles. The molecule has 166 valence electrons. The van der Waals surface area contributed by atoms with Gasteiger partial charge in [-0.25, -0.2) is 0 Å². The molecule has 1 saturated heterocycles. The van der Waals surface area contributed by atoms with Crippen LogP contribution >= 0.6 is 0 Å². The summed E-state index contributed by atoms with van der Waals surface area (Å²) >= 11 is 0. The average Bonchev–Trinajstić information content (AvgIpc) is 3.44. The lowest BCUT2D eigenvalue weighted by atomic mass is 9.72. The fourth-order valence-corrected chi connectivity index (χ4v) is 6.03. The minimum atomic E-state index is -0.581. The van der Waals surface area contributed by atoms with Gasteiger partial charge in [-0.15, -0.1) is 0 Å². The highest BCUT2D eigenvalue weighted by atomic mass is 16.7. The van der Waals surface area contributed by atoms with Crippen molar-refractivity contribution in [1.82, 2.24) is 4.90 Å². The predicted molar refractivity (Wildman–Crippen MR) is 115 cm³/mol. The molecule has 4 aliphatic rings. The molecule has 1 fully saturated rings. The molecule has 0 radical (unpaired) electrons. The van der Waals surface area contributed by atoms with E-state index in [1.807, 2.05) is 0 Å². The van der Waals surface area contributed by atoms with E-state index in [0.717, 1.165) is 55.8 Å². The van der Waals surface area contributed by atoms with Gasteiger partial charge >= 0.3 is 0 Å². The normalized spacial score (nSPS) is 28.6. The van der Waals surface area contributed by atoms with Crippen LogP contribution in [0.1, 0.15) is 56.6 Å². The van der Waals surface area contributed by atoms with E-state index in [-0.39, 0.29) is 29.8 Å². The molecule has 1 aromatic carbocycles. The van der Waals surface area contributed by atoms with Crippen LogP contribution in [0, 0.1) is 11.8 Å². The lowest BCUT2D eigenvalue weighted by Crippen LogP contribution is -2.47. The fourth-order valence-electron chi connectivity index (χ4n) is 6.03. The quantitative estimate of drug-likeness (QED) is 0.649. The third-order valence-electron chi connectivity index (χ3n) is 7.53. The zero-order chi connectivity index (χ0) is 21.8. The van der Waals surface area contributed by atoms with E-state index < -0.39 is 5.92 Å². The number of Topliss-reactive ketones (excluding diaryl/α,β-unsaturated/α-hetero) is 2. The Morgan fingerprint density at radius 3 is 2.74 bits per heavy atom. The van der Waals surface area contributed by atoms with Crippen LogP contribution in [0.25, 0.3) is 0 Å². The maximum absolute atomic E-state index is 13.6. The van der Waals surface area contributed by atoms with Crippen molar-refractivity contribution < 1.29 is 23.8 Å². The summed E-state index contributed by atoms with van der Waals surface area (Å²) in [5.41, 5.74) is 2.00. The van der Waals surface area contributed by atoms with Crippen LogP contribution in [-0.2, 0) is 20.7 Å². The fraction of sp³-hybridized carbons (Fsp3) is 0.600. The van der Waals surface area contributed by atoms with Crippen molar-refractivity contribution in [1.29, 1.82) is 0 Å². The Hall–Kier alpha value is -2.34. The Morgan fingerprint density at radius 1 is 1.23 bits per heavy atom. The first-order valence-corrected chi connectivity index (χ1v) is 11.5. The Balaban J connectivity index is 1.61. The molecule has 3 aliphatic heterocycles. The molecule has 1 aliphatic carbocycles. The summed E-state index contributed by atoms with van der Waals surface area (Å²) in [5.74, 6) is 1.20. The predicted octanol–water partition coefficient (Wildman–Crippen LogP) is 3.62. The van der Waals surface area contributed by atoms with Gasteiger partial charge < -0.3 is 14.2 Å². The number of fused-ring (bicyclic) bond motifs is 3.